The van der Waals surface area contributed by atoms with Gasteiger partial charge in [0.2, 0.25) is 5.75 Å². The third kappa shape index (κ3) is 5.38. The van der Waals surface area contributed by atoms with E-state index in [4.69, 9.17) is 9.47 Å². The van der Waals surface area contributed by atoms with Gasteiger partial charge in [0.05, 0.1) is 32.3 Å². The highest BCUT2D eigenvalue weighted by Gasteiger charge is 2.23. The number of amides is 1. The molecular weight excluding hydrogens is 530 g/mol. The molecule has 0 atom stereocenters. The van der Waals surface area contributed by atoms with E-state index in [1.54, 1.807) is 75.5 Å². The number of hydrogen-bond donors (Lipinski definition) is 0. The topological polar surface area (TPSA) is 104 Å². The largest absolute Gasteiger partial charge is 0.450 e. The van der Waals surface area contributed by atoms with Gasteiger partial charge >= 0.3 is 11.8 Å². The van der Waals surface area contributed by atoms with Gasteiger partial charge < -0.3 is 9.47 Å². The molecule has 1 heterocycles. The van der Waals surface area contributed by atoms with Crippen molar-refractivity contribution in [1.29, 1.82) is 0 Å². The lowest BCUT2D eigenvalue weighted by Crippen LogP contribution is -2.26. The summed E-state index contributed by atoms with van der Waals surface area (Å²) >= 11 is 3.22. The van der Waals surface area contributed by atoms with Crippen LogP contribution >= 0.6 is 16.1 Å². The van der Waals surface area contributed by atoms with Crippen LogP contribution in [0.1, 0.15) is 31.1 Å². The minimum absolute atomic E-state index is 0.0247. The van der Waals surface area contributed by atoms with Crippen LogP contribution < -0.4 is 8.66 Å². The molecule has 0 aliphatic rings. The second kappa shape index (κ2) is 9.82. The fraction of sp³-hybridized carbons (Fsp3) is 0.154. The minimum atomic E-state index is -0.643. The molecule has 1 aromatic heterocycles. The van der Waals surface area contributed by atoms with Gasteiger partial charge in [-0.15, -0.1) is 0 Å². The van der Waals surface area contributed by atoms with Crippen LogP contribution in [0.25, 0.3) is 10.9 Å². The molecule has 0 fully saturated rings. The van der Waals surface area contributed by atoms with E-state index in [-0.39, 0.29) is 17.0 Å². The fourth-order valence-electron chi connectivity index (χ4n) is 3.45. The van der Waals surface area contributed by atoms with Crippen molar-refractivity contribution < 1.29 is 24.0 Å². The molecule has 9 nitrogen and oxygen atoms in total. The highest BCUT2D eigenvalue weighted by Crippen LogP contribution is 2.34. The Labute approximate surface area is 215 Å². The van der Waals surface area contributed by atoms with Gasteiger partial charge in [-0.25, -0.2) is 8.72 Å². The van der Waals surface area contributed by atoms with Crippen molar-refractivity contribution >= 4 is 50.4 Å². The number of carbonyl (C=O) groups excluding carboxylic acids is 2. The Bertz CT molecular complexity index is 1460. The van der Waals surface area contributed by atoms with E-state index in [9.17, 15) is 19.7 Å². The van der Waals surface area contributed by atoms with Gasteiger partial charge in [0.1, 0.15) is 11.4 Å². The summed E-state index contributed by atoms with van der Waals surface area (Å²) in [7, 11) is 0. The lowest BCUT2D eigenvalue weighted by Gasteiger charge is -2.19. The first-order valence-corrected chi connectivity index (χ1v) is 11.6. The molecular formula is C26H22BrN3O6. The number of aromatic nitrogens is 1. The molecule has 36 heavy (non-hydrogen) atoms. The molecule has 4 aromatic rings. The van der Waals surface area contributed by atoms with Gasteiger partial charge in [0, 0.05) is 23.2 Å². The van der Waals surface area contributed by atoms with Crippen molar-refractivity contribution in [2.24, 2.45) is 0 Å². The lowest BCUT2D eigenvalue weighted by atomic mass is 10.1. The second-order valence-electron chi connectivity index (χ2n) is 8.85. The third-order valence-corrected chi connectivity index (χ3v) is 5.78. The van der Waals surface area contributed by atoms with Gasteiger partial charge in [0.25, 0.3) is 5.91 Å². The first kappa shape index (κ1) is 24.9. The van der Waals surface area contributed by atoms with Crippen LogP contribution in [-0.4, -0.2) is 27.1 Å². The van der Waals surface area contributed by atoms with Gasteiger partial charge in [-0.1, -0.05) is 18.2 Å². The molecule has 0 unspecified atom stereocenters. The molecule has 4 rings (SSSR count). The zero-order valence-electron chi connectivity index (χ0n) is 19.7. The van der Waals surface area contributed by atoms with E-state index < -0.39 is 22.5 Å². The Kier molecular flexibility index (Phi) is 6.80. The number of anilines is 1. The second-order valence-corrected chi connectivity index (χ2v) is 9.56. The van der Waals surface area contributed by atoms with Gasteiger partial charge in [-0.3, -0.25) is 19.5 Å². The Hall–Kier alpha value is -4.18. The van der Waals surface area contributed by atoms with E-state index in [2.05, 4.69) is 16.1 Å². The predicted molar refractivity (Wildman–Crippen MR) is 139 cm³/mol. The molecule has 0 aliphatic carbocycles. The van der Waals surface area contributed by atoms with E-state index in [0.717, 1.165) is 0 Å². The summed E-state index contributed by atoms with van der Waals surface area (Å²) in [6.07, 6.45) is 1.07. The normalized spacial score (nSPS) is 11.2. The summed E-state index contributed by atoms with van der Waals surface area (Å²) in [6.45, 7) is 5.35. The first-order valence-electron chi connectivity index (χ1n) is 10.9. The smallest absolute Gasteiger partial charge is 0.418 e. The maximum Gasteiger partial charge on any atom is 0.418 e. The average molecular weight is 552 g/mol. The SMILES string of the molecule is CC(C)(C)OC(=O)n1ccc2cc(Oc3ccc(C(=O)N(Br)c4ccccc4)cc3[N+](=O)[O-])ccc21. The highest BCUT2D eigenvalue weighted by molar-refractivity contribution is 9.10. The van der Waals surface area contributed by atoms with Crippen molar-refractivity contribution in [2.75, 3.05) is 3.93 Å². The highest BCUT2D eigenvalue weighted by atomic mass is 79.9. The van der Waals surface area contributed by atoms with E-state index in [0.29, 0.717) is 22.3 Å². The molecule has 184 valence electrons. The zero-order chi connectivity index (χ0) is 26.0. The summed E-state index contributed by atoms with van der Waals surface area (Å²) in [4.78, 5) is 36.5. The summed E-state index contributed by atoms with van der Waals surface area (Å²) in [5.74, 6) is -0.165. The molecule has 0 radical (unpaired) electrons. The van der Waals surface area contributed by atoms with Crippen LogP contribution in [0.3, 0.4) is 0 Å². The maximum atomic E-state index is 12.9. The number of benzene rings is 3. The Morgan fingerprint density at radius 1 is 1.00 bits per heavy atom. The maximum absolute atomic E-state index is 12.9. The Balaban J connectivity index is 1.59. The summed E-state index contributed by atoms with van der Waals surface area (Å²) in [5, 5.41) is 12.5. The van der Waals surface area contributed by atoms with Crippen molar-refractivity contribution in [3.63, 3.8) is 0 Å². The summed E-state index contributed by atoms with van der Waals surface area (Å²) < 4.78 is 13.8. The standard InChI is InChI=1S/C26H22BrN3O6/c1-26(2,3)36-25(32)28-14-13-17-15-20(10-11-21(17)28)35-23-12-9-18(16-22(23)30(33)34)24(31)29(27)19-7-5-4-6-8-19/h4-16H,1-3H3. The number of rotatable bonds is 5. The summed E-state index contributed by atoms with van der Waals surface area (Å²) in [6, 6.07) is 19.5. The van der Waals surface area contributed by atoms with Crippen LogP contribution in [-0.2, 0) is 4.74 Å². The van der Waals surface area contributed by atoms with Crippen molar-refractivity contribution in [1.82, 2.24) is 4.57 Å². The average Bonchev–Trinajstić information content (AvgIpc) is 3.26. The molecule has 10 heteroatoms. The van der Waals surface area contributed by atoms with E-state index >= 15 is 0 Å². The minimum Gasteiger partial charge on any atom is -0.450 e. The fourth-order valence-corrected chi connectivity index (χ4v) is 3.89. The molecule has 0 saturated heterocycles. The number of ether oxygens (including phenoxy) is 2. The molecule has 3 aromatic carbocycles. The summed E-state index contributed by atoms with van der Waals surface area (Å²) in [5.41, 5.74) is 0.291. The van der Waals surface area contributed by atoms with Gasteiger partial charge in [0.15, 0.2) is 0 Å². The molecule has 0 aliphatic heterocycles. The number of nitrogens with zero attached hydrogens (tertiary/aromatic N) is 3. The quantitative estimate of drug-likeness (QED) is 0.149. The van der Waals surface area contributed by atoms with Crippen LogP contribution in [0.15, 0.2) is 79.0 Å². The number of para-hydroxylation sites is 1. The molecule has 0 bridgehead atoms. The van der Waals surface area contributed by atoms with Crippen molar-refractivity contribution in [3.05, 3.63) is 94.7 Å². The number of halogens is 1. The monoisotopic (exact) mass is 551 g/mol. The number of hydrogen-bond acceptors (Lipinski definition) is 6. The van der Waals surface area contributed by atoms with Crippen molar-refractivity contribution in [2.45, 2.75) is 26.4 Å². The van der Waals surface area contributed by atoms with E-state index in [1.165, 1.54) is 26.7 Å². The van der Waals surface area contributed by atoms with Gasteiger partial charge in [-0.05, 0) is 69.3 Å². The van der Waals surface area contributed by atoms with Crippen LogP contribution in [0.4, 0.5) is 16.2 Å². The first-order chi connectivity index (χ1) is 17.0. The van der Waals surface area contributed by atoms with Crippen LogP contribution in [0.2, 0.25) is 0 Å². The number of carbonyl (C=O) groups is 2. The molecule has 0 saturated carbocycles. The third-order valence-electron chi connectivity index (χ3n) is 5.04. The van der Waals surface area contributed by atoms with Crippen LogP contribution in [0.5, 0.6) is 11.5 Å². The Morgan fingerprint density at radius 3 is 2.39 bits per heavy atom. The van der Waals surface area contributed by atoms with Crippen LogP contribution in [0, 0.1) is 10.1 Å². The molecule has 0 spiro atoms. The molecule has 0 N–H and O–H groups in total. The van der Waals surface area contributed by atoms with Gasteiger partial charge in [-0.2, -0.15) is 0 Å². The number of nitro benzene ring substituents is 1. The molecule has 1 amide bonds. The van der Waals surface area contributed by atoms with Crippen molar-refractivity contribution in [3.8, 4) is 11.5 Å². The number of fused-ring (bicyclic) bond motifs is 1. The van der Waals surface area contributed by atoms with E-state index in [1.807, 2.05) is 6.07 Å². The lowest BCUT2D eigenvalue weighted by molar-refractivity contribution is -0.385. The predicted octanol–water partition coefficient (Wildman–Crippen LogP) is 7.08. The Morgan fingerprint density at radius 2 is 1.72 bits per heavy atom. The number of nitro groups is 1. The zero-order valence-corrected chi connectivity index (χ0v) is 21.3.